The highest BCUT2D eigenvalue weighted by Crippen LogP contribution is 2.67. The molecule has 0 heterocycles. The molecule has 0 aliphatic heterocycles. The molecule has 2 aliphatic carbocycles. The smallest absolute Gasteiger partial charge is 0.0369 e. The zero-order chi connectivity index (χ0) is 7.95. The Hall–Kier alpha value is -0.440. The molecule has 0 aromatic rings. The average Bonchev–Trinajstić information content (AvgIpc) is 2.68. The zero-order valence-corrected chi connectivity index (χ0v) is 7.32. The summed E-state index contributed by atoms with van der Waals surface area (Å²) < 4.78 is 0. The van der Waals surface area contributed by atoms with Crippen LogP contribution in [0.3, 0.4) is 0 Å². The summed E-state index contributed by atoms with van der Waals surface area (Å²) in [5.41, 5.74) is 0.946. The molecule has 0 nitrogen and oxygen atoms in total. The van der Waals surface area contributed by atoms with Gasteiger partial charge in [-0.2, -0.15) is 0 Å². The van der Waals surface area contributed by atoms with E-state index in [9.17, 15) is 0 Å². The lowest BCUT2D eigenvalue weighted by molar-refractivity contribution is 0.0594. The monoisotopic (exact) mass is 148 g/mol. The van der Waals surface area contributed by atoms with Crippen LogP contribution in [0.25, 0.3) is 0 Å². The van der Waals surface area contributed by atoms with Crippen LogP contribution >= 0.6 is 0 Å². The van der Waals surface area contributed by atoms with E-state index in [0.29, 0.717) is 10.8 Å². The van der Waals surface area contributed by atoms with Crippen molar-refractivity contribution in [2.45, 2.75) is 45.4 Å². The van der Waals surface area contributed by atoms with Crippen molar-refractivity contribution < 1.29 is 0 Å². The van der Waals surface area contributed by atoms with Crippen LogP contribution in [0.4, 0.5) is 0 Å². The first-order chi connectivity index (χ1) is 5.29. The first kappa shape index (κ1) is 7.22. The van der Waals surface area contributed by atoms with Crippen LogP contribution in [0.5, 0.6) is 0 Å². The summed E-state index contributed by atoms with van der Waals surface area (Å²) in [6.45, 7) is 2.30. The average molecular weight is 148 g/mol. The second-order valence-corrected chi connectivity index (χ2v) is 4.21. The molecule has 2 aliphatic rings. The highest BCUT2D eigenvalue weighted by Gasteiger charge is 2.59. The number of hydrogen-bond acceptors (Lipinski definition) is 0. The number of rotatable bonds is 2. The first-order valence-electron chi connectivity index (χ1n) is 4.76. The van der Waals surface area contributed by atoms with Gasteiger partial charge < -0.3 is 0 Å². The van der Waals surface area contributed by atoms with Crippen LogP contribution in [0.1, 0.15) is 45.4 Å². The molecule has 0 amide bonds. The van der Waals surface area contributed by atoms with Crippen LogP contribution in [0.2, 0.25) is 0 Å². The molecular weight excluding hydrogens is 132 g/mol. The standard InChI is InChI=1S/C11H16/c1-3-10(6-5-7-10)11(4-2)8-9-11/h2H,3,5-9H2,1H3. The van der Waals surface area contributed by atoms with Gasteiger partial charge in [-0.25, -0.2) is 0 Å². The quantitative estimate of drug-likeness (QED) is 0.528. The zero-order valence-electron chi connectivity index (χ0n) is 7.32. The van der Waals surface area contributed by atoms with Crippen LogP contribution < -0.4 is 0 Å². The van der Waals surface area contributed by atoms with E-state index in [4.69, 9.17) is 6.42 Å². The second kappa shape index (κ2) is 2.03. The topological polar surface area (TPSA) is 0 Å². The van der Waals surface area contributed by atoms with Crippen molar-refractivity contribution in [3.63, 3.8) is 0 Å². The molecule has 0 atom stereocenters. The summed E-state index contributed by atoms with van der Waals surface area (Å²) in [7, 11) is 0. The van der Waals surface area contributed by atoms with Crippen molar-refractivity contribution in [2.24, 2.45) is 10.8 Å². The van der Waals surface area contributed by atoms with E-state index >= 15 is 0 Å². The Kier molecular flexibility index (Phi) is 1.34. The second-order valence-electron chi connectivity index (χ2n) is 4.21. The van der Waals surface area contributed by atoms with E-state index in [-0.39, 0.29) is 0 Å². The minimum Gasteiger partial charge on any atom is -0.119 e. The molecule has 60 valence electrons. The first-order valence-corrected chi connectivity index (χ1v) is 4.76. The Morgan fingerprint density at radius 2 is 1.91 bits per heavy atom. The number of hydrogen-bond donors (Lipinski definition) is 0. The van der Waals surface area contributed by atoms with Crippen molar-refractivity contribution in [3.05, 3.63) is 0 Å². The Labute approximate surface area is 69.4 Å². The molecule has 0 N–H and O–H groups in total. The molecule has 2 fully saturated rings. The molecule has 0 heteroatoms. The van der Waals surface area contributed by atoms with Gasteiger partial charge >= 0.3 is 0 Å². The Morgan fingerprint density at radius 3 is 2.00 bits per heavy atom. The van der Waals surface area contributed by atoms with Gasteiger partial charge in [-0.05, 0) is 37.5 Å². The van der Waals surface area contributed by atoms with Gasteiger partial charge in [0.25, 0.3) is 0 Å². The van der Waals surface area contributed by atoms with Crippen LogP contribution in [-0.2, 0) is 0 Å². The third-order valence-corrected chi connectivity index (χ3v) is 4.03. The Balaban J connectivity index is 2.19. The van der Waals surface area contributed by atoms with Crippen LogP contribution in [0, 0.1) is 23.2 Å². The van der Waals surface area contributed by atoms with Gasteiger partial charge in [0.2, 0.25) is 0 Å². The van der Waals surface area contributed by atoms with E-state index in [1.807, 2.05) is 0 Å². The predicted molar refractivity (Wildman–Crippen MR) is 47.1 cm³/mol. The van der Waals surface area contributed by atoms with E-state index in [0.717, 1.165) is 0 Å². The maximum atomic E-state index is 5.59. The fraction of sp³-hybridized carbons (Fsp3) is 0.818. The van der Waals surface area contributed by atoms with Gasteiger partial charge in [0.15, 0.2) is 0 Å². The molecule has 0 radical (unpaired) electrons. The molecule has 0 saturated heterocycles. The highest BCUT2D eigenvalue weighted by atomic mass is 14.6. The SMILES string of the molecule is C#CC1(C2(CC)CCC2)CC1. The molecule has 2 saturated carbocycles. The summed E-state index contributed by atoms with van der Waals surface area (Å²) in [6, 6.07) is 0. The van der Waals surface area contributed by atoms with Gasteiger partial charge in [-0.15, -0.1) is 6.42 Å². The van der Waals surface area contributed by atoms with Crippen molar-refractivity contribution in [3.8, 4) is 12.3 Å². The maximum Gasteiger partial charge on any atom is 0.0369 e. The van der Waals surface area contributed by atoms with Crippen LogP contribution in [-0.4, -0.2) is 0 Å². The van der Waals surface area contributed by atoms with Gasteiger partial charge in [0.1, 0.15) is 0 Å². The van der Waals surface area contributed by atoms with Gasteiger partial charge in [0, 0.05) is 5.41 Å². The minimum atomic E-state index is 0.361. The van der Waals surface area contributed by atoms with Crippen molar-refractivity contribution in [1.82, 2.24) is 0 Å². The lowest BCUT2D eigenvalue weighted by Gasteiger charge is -2.46. The Morgan fingerprint density at radius 1 is 1.27 bits per heavy atom. The minimum absolute atomic E-state index is 0.361. The van der Waals surface area contributed by atoms with Gasteiger partial charge in [-0.1, -0.05) is 19.3 Å². The lowest BCUT2D eigenvalue weighted by atomic mass is 9.58. The Bertz CT molecular complexity index is 193. The third kappa shape index (κ3) is 0.719. The van der Waals surface area contributed by atoms with Gasteiger partial charge in [-0.3, -0.25) is 0 Å². The van der Waals surface area contributed by atoms with Crippen molar-refractivity contribution in [2.75, 3.05) is 0 Å². The third-order valence-electron chi connectivity index (χ3n) is 4.03. The fourth-order valence-corrected chi connectivity index (χ4v) is 2.73. The highest BCUT2D eigenvalue weighted by molar-refractivity contribution is 5.24. The molecule has 11 heavy (non-hydrogen) atoms. The molecular formula is C11H16. The fourth-order valence-electron chi connectivity index (χ4n) is 2.73. The van der Waals surface area contributed by atoms with Gasteiger partial charge in [0.05, 0.1) is 0 Å². The summed E-state index contributed by atoms with van der Waals surface area (Å²) in [4.78, 5) is 0. The summed E-state index contributed by atoms with van der Waals surface area (Å²) in [6.07, 6.45) is 13.7. The summed E-state index contributed by atoms with van der Waals surface area (Å²) in [5.74, 6) is 3.05. The molecule has 0 bridgehead atoms. The lowest BCUT2D eigenvalue weighted by Crippen LogP contribution is -2.37. The van der Waals surface area contributed by atoms with Crippen LogP contribution in [0.15, 0.2) is 0 Å². The predicted octanol–water partition coefficient (Wildman–Crippen LogP) is 2.98. The number of terminal acetylenes is 1. The van der Waals surface area contributed by atoms with E-state index in [2.05, 4.69) is 12.8 Å². The largest absolute Gasteiger partial charge is 0.119 e. The van der Waals surface area contributed by atoms with Crippen molar-refractivity contribution in [1.29, 1.82) is 0 Å². The normalized spacial score (nSPS) is 30.2. The molecule has 0 aromatic heterocycles. The van der Waals surface area contributed by atoms with Crippen molar-refractivity contribution >= 4 is 0 Å². The summed E-state index contributed by atoms with van der Waals surface area (Å²) in [5, 5.41) is 0. The maximum absolute atomic E-state index is 5.59. The summed E-state index contributed by atoms with van der Waals surface area (Å²) >= 11 is 0. The van der Waals surface area contributed by atoms with E-state index < -0.39 is 0 Å². The van der Waals surface area contributed by atoms with E-state index in [1.54, 1.807) is 0 Å². The van der Waals surface area contributed by atoms with E-state index in [1.165, 1.54) is 38.5 Å². The molecule has 0 aromatic carbocycles. The molecule has 2 rings (SSSR count). The molecule has 0 unspecified atom stereocenters. The molecule has 0 spiro atoms.